The summed E-state index contributed by atoms with van der Waals surface area (Å²) in [6, 6.07) is 3.74. The first-order chi connectivity index (χ1) is 32.4. The van der Waals surface area contributed by atoms with Crippen LogP contribution in [-0.4, -0.2) is 145 Å². The molecule has 364 valence electrons. The molecule has 4 aromatic carbocycles. The molecular formula is C43H36O26. The van der Waals surface area contributed by atoms with Crippen molar-refractivity contribution in [3.05, 3.63) is 81.5 Å². The number of phenols is 11. The zero-order chi connectivity index (χ0) is 50.7. The van der Waals surface area contributed by atoms with Gasteiger partial charge in [-0.1, -0.05) is 0 Å². The number of ether oxygens (including phenoxy) is 6. The van der Waals surface area contributed by atoms with Gasteiger partial charge in [-0.15, -0.1) is 0 Å². The van der Waals surface area contributed by atoms with E-state index in [0.717, 1.165) is 7.11 Å². The van der Waals surface area contributed by atoms with Gasteiger partial charge >= 0.3 is 23.9 Å². The fourth-order valence-electron chi connectivity index (χ4n) is 7.65. The van der Waals surface area contributed by atoms with Crippen LogP contribution in [0.2, 0.25) is 0 Å². The van der Waals surface area contributed by atoms with Crippen molar-refractivity contribution in [2.24, 2.45) is 11.8 Å². The number of hydrogen-bond acceptors (Lipinski definition) is 26. The van der Waals surface area contributed by atoms with Crippen molar-refractivity contribution in [3.63, 3.8) is 0 Å². The molecule has 0 spiro atoms. The van der Waals surface area contributed by atoms with Crippen molar-refractivity contribution in [2.75, 3.05) is 13.7 Å². The molecule has 7 rings (SSSR count). The molecule has 26 heteroatoms. The molecule has 0 radical (unpaired) electrons. The fourth-order valence-corrected chi connectivity index (χ4v) is 7.65. The third-order valence-electron chi connectivity index (χ3n) is 11.1. The molecule has 0 amide bonds. The molecule has 2 heterocycles. The van der Waals surface area contributed by atoms with E-state index in [-0.39, 0.29) is 0 Å². The Morgan fingerprint density at radius 2 is 1.26 bits per heavy atom. The lowest BCUT2D eigenvalue weighted by molar-refractivity contribution is -0.273. The van der Waals surface area contributed by atoms with Crippen LogP contribution in [0.15, 0.2) is 53.7 Å². The first kappa shape index (κ1) is 47.8. The van der Waals surface area contributed by atoms with E-state index < -0.39 is 211 Å². The fraction of sp³-hybridized carbons (Fsp3) is 0.233. The summed E-state index contributed by atoms with van der Waals surface area (Å²) >= 11 is 0. The number of carbonyl (C=O) groups excluding carboxylic acids is 5. The van der Waals surface area contributed by atoms with Crippen molar-refractivity contribution in [2.45, 2.75) is 37.4 Å². The van der Waals surface area contributed by atoms with E-state index in [0.29, 0.717) is 36.4 Å². The highest BCUT2D eigenvalue weighted by molar-refractivity contribution is 6.03. The monoisotopic (exact) mass is 968 g/mol. The molecule has 26 nitrogen and oxygen atoms in total. The van der Waals surface area contributed by atoms with Gasteiger partial charge in [0.15, 0.2) is 87.2 Å². The maximum absolute atomic E-state index is 14.5. The molecule has 69 heavy (non-hydrogen) atoms. The smallest absolute Gasteiger partial charge is 0.341 e. The number of aromatic hydroxyl groups is 11. The summed E-state index contributed by atoms with van der Waals surface area (Å²) in [6.07, 6.45) is -10.7. The zero-order valence-corrected chi connectivity index (χ0v) is 34.7. The van der Waals surface area contributed by atoms with E-state index in [2.05, 4.69) is 4.74 Å². The molecule has 1 aliphatic carbocycles. The van der Waals surface area contributed by atoms with Gasteiger partial charge in [0, 0.05) is 41.7 Å². The number of aliphatic hydroxyl groups excluding tert-OH is 4. The van der Waals surface area contributed by atoms with E-state index in [4.69, 9.17) is 23.7 Å². The van der Waals surface area contributed by atoms with Gasteiger partial charge in [0.25, 0.3) is 0 Å². The summed E-state index contributed by atoms with van der Waals surface area (Å²) < 4.78 is 32.6. The van der Waals surface area contributed by atoms with Crippen LogP contribution in [0.3, 0.4) is 0 Å². The molecule has 1 fully saturated rings. The molecule has 1 unspecified atom stereocenters. The van der Waals surface area contributed by atoms with Crippen molar-refractivity contribution >= 4 is 35.2 Å². The zero-order valence-electron chi connectivity index (χ0n) is 34.7. The minimum Gasteiger partial charge on any atom is -0.508 e. The third kappa shape index (κ3) is 8.46. The summed E-state index contributed by atoms with van der Waals surface area (Å²) in [5, 5.41) is 158. The van der Waals surface area contributed by atoms with Crippen LogP contribution in [0.25, 0.3) is 5.57 Å². The second kappa shape index (κ2) is 17.9. The van der Waals surface area contributed by atoms with Gasteiger partial charge in [-0.05, 0) is 24.3 Å². The third-order valence-corrected chi connectivity index (χ3v) is 11.1. The largest absolute Gasteiger partial charge is 0.508 e. The van der Waals surface area contributed by atoms with Gasteiger partial charge < -0.3 is 105 Å². The van der Waals surface area contributed by atoms with Crippen molar-refractivity contribution in [1.82, 2.24) is 0 Å². The van der Waals surface area contributed by atoms with Gasteiger partial charge in [-0.3, -0.25) is 9.59 Å². The van der Waals surface area contributed by atoms with Gasteiger partial charge in [-0.2, -0.15) is 0 Å². The van der Waals surface area contributed by atoms with Crippen LogP contribution in [0.4, 0.5) is 0 Å². The number of fused-ring (bicyclic) bond motifs is 4. The lowest BCUT2D eigenvalue weighted by Gasteiger charge is -2.43. The summed E-state index contributed by atoms with van der Waals surface area (Å²) in [4.78, 5) is 68.8. The summed E-state index contributed by atoms with van der Waals surface area (Å²) in [6.45, 7) is -1.16. The number of cyclic esters (lactones) is 1. The van der Waals surface area contributed by atoms with Crippen LogP contribution in [0, 0.1) is 11.8 Å². The Morgan fingerprint density at radius 1 is 0.681 bits per heavy atom. The minimum atomic E-state index is -2.29. The highest BCUT2D eigenvalue weighted by Crippen LogP contribution is 2.53. The van der Waals surface area contributed by atoms with Crippen molar-refractivity contribution in [3.8, 4) is 74.7 Å². The molecule has 15 N–H and O–H groups in total. The summed E-state index contributed by atoms with van der Waals surface area (Å²) in [7, 11) is 0.870. The van der Waals surface area contributed by atoms with E-state index >= 15 is 0 Å². The van der Waals surface area contributed by atoms with Crippen molar-refractivity contribution in [1.29, 1.82) is 0 Å². The van der Waals surface area contributed by atoms with E-state index in [1.54, 1.807) is 0 Å². The van der Waals surface area contributed by atoms with Crippen LogP contribution < -0.4 is 4.74 Å². The maximum Gasteiger partial charge on any atom is 0.341 e. The summed E-state index contributed by atoms with van der Waals surface area (Å²) in [5.41, 5.74) is -5.04. The molecule has 0 bridgehead atoms. The Balaban J connectivity index is 1.37. The molecule has 1 saturated heterocycles. The molecular weight excluding hydrogens is 932 g/mol. The Bertz CT molecular complexity index is 2890. The van der Waals surface area contributed by atoms with E-state index in [1.807, 2.05) is 0 Å². The standard InChI is InChI=1S/C43H36O26/c1-64-40(60)15-8-23(50)31(54)35(58)36(15)66-24-9-14-27(34(57)32(24)55)26-13(6-22(49)30(53)33(26)56)42(62)69-38-25(10-65-41(14)61)67-43(63)16(7-17(44)11-2-18(45)28(51)19(46)3-11)37(38)68-39(59)12-4-20(47)29(52)21(48)5-12/h2-5,8-9,13,16,25,37-38,43,45-58,63H,6-7,10H2,1H3/t13-,16-,25-,37-,38-,43?/m1/s1. The SMILES string of the molecule is COC(=O)c1cc(O)c(O)c(O)c1Oc1cc2c(c(O)c1O)C1=C(O)C(O)=C(O)C[C@H]1C(=O)O[C@H]1[C@H](OC(=O)c3cc(O)c(O)c(O)c3)[C@@H](CC(=O)c3cc(O)c(O)c(O)c3)C(O)O[C@@H]1COC2=O. The molecule has 4 aromatic rings. The summed E-state index contributed by atoms with van der Waals surface area (Å²) in [5.74, 6) is -29.9. The van der Waals surface area contributed by atoms with Crippen LogP contribution in [-0.2, 0) is 28.5 Å². The number of allylic oxidation sites excluding steroid dienone is 1. The average molecular weight is 969 g/mol. The predicted molar refractivity (Wildman–Crippen MR) is 218 cm³/mol. The van der Waals surface area contributed by atoms with Crippen LogP contribution >= 0.6 is 0 Å². The second-order valence-electron chi connectivity index (χ2n) is 15.3. The first-order valence-electron chi connectivity index (χ1n) is 19.6. The topological polar surface area (TPSA) is 444 Å². The molecule has 3 aliphatic rings. The highest BCUT2D eigenvalue weighted by Gasteiger charge is 2.53. The number of rotatable bonds is 8. The number of aliphatic hydroxyl groups is 4. The second-order valence-corrected chi connectivity index (χ2v) is 15.3. The number of carbonyl (C=O) groups is 5. The lowest BCUT2D eigenvalue weighted by atomic mass is 9.81. The van der Waals surface area contributed by atoms with E-state index in [1.165, 1.54) is 0 Å². The van der Waals surface area contributed by atoms with Crippen LogP contribution in [0.1, 0.15) is 59.8 Å². The van der Waals surface area contributed by atoms with Gasteiger partial charge in [0.05, 0.1) is 30.1 Å². The quantitative estimate of drug-likeness (QED) is 0.0522. The van der Waals surface area contributed by atoms with Crippen molar-refractivity contribution < 1.29 is 129 Å². The Kier molecular flexibility index (Phi) is 12.4. The minimum absolute atomic E-state index is 0.512. The van der Waals surface area contributed by atoms with Gasteiger partial charge in [0.2, 0.25) is 17.2 Å². The molecule has 0 saturated carbocycles. The van der Waals surface area contributed by atoms with Gasteiger partial charge in [-0.25, -0.2) is 14.4 Å². The number of Topliss-reactive ketones (excluding diaryl/α,β-unsaturated/α-hetero) is 1. The van der Waals surface area contributed by atoms with Crippen LogP contribution in [0.5, 0.6) is 74.7 Å². The Hall–Kier alpha value is -9.17. The lowest BCUT2D eigenvalue weighted by Crippen LogP contribution is -2.59. The number of phenolic OH excluding ortho intramolecular Hbond substituents is 11. The molecule has 2 aliphatic heterocycles. The first-order valence-corrected chi connectivity index (χ1v) is 19.6. The Labute approximate surface area is 383 Å². The average Bonchev–Trinajstić information content (AvgIpc) is 3.32. The predicted octanol–water partition coefficient (Wildman–Crippen LogP) is 2.56. The highest BCUT2D eigenvalue weighted by atomic mass is 16.7. The molecule has 6 atom stereocenters. The number of methoxy groups -OCH3 is 1. The Morgan fingerprint density at radius 3 is 1.86 bits per heavy atom. The number of ketones is 1. The number of benzene rings is 4. The molecule has 0 aromatic heterocycles. The number of hydrogen-bond donors (Lipinski definition) is 15. The maximum atomic E-state index is 14.5. The van der Waals surface area contributed by atoms with Gasteiger partial charge in [0.1, 0.15) is 30.1 Å². The normalized spacial score (nSPS) is 21.4. The number of esters is 4. The van der Waals surface area contributed by atoms with E-state index in [9.17, 15) is 101 Å².